The van der Waals surface area contributed by atoms with E-state index < -0.39 is 6.04 Å². The molecule has 0 radical (unpaired) electrons. The molecule has 2 atom stereocenters. The Kier molecular flexibility index (Phi) is 5.84. The SMILES string of the molecule is COCC(N)C(=O)NCC(c1ccco1)N(C)C. The number of rotatable bonds is 7. The van der Waals surface area contributed by atoms with Crippen molar-refractivity contribution in [2.75, 3.05) is 34.4 Å². The van der Waals surface area contributed by atoms with Crippen LogP contribution in [0, 0.1) is 0 Å². The van der Waals surface area contributed by atoms with Crippen molar-refractivity contribution in [3.8, 4) is 0 Å². The average molecular weight is 255 g/mol. The quantitative estimate of drug-likeness (QED) is 0.715. The summed E-state index contributed by atoms with van der Waals surface area (Å²) in [6, 6.07) is 3.05. The summed E-state index contributed by atoms with van der Waals surface area (Å²) in [7, 11) is 5.36. The average Bonchev–Trinajstić information content (AvgIpc) is 2.82. The summed E-state index contributed by atoms with van der Waals surface area (Å²) in [6.07, 6.45) is 1.62. The molecule has 6 heteroatoms. The summed E-state index contributed by atoms with van der Waals surface area (Å²) in [4.78, 5) is 13.6. The van der Waals surface area contributed by atoms with Crippen LogP contribution in [0.1, 0.15) is 11.8 Å². The van der Waals surface area contributed by atoms with Gasteiger partial charge in [0.1, 0.15) is 11.8 Å². The lowest BCUT2D eigenvalue weighted by atomic mass is 10.2. The Bertz CT molecular complexity index is 351. The highest BCUT2D eigenvalue weighted by atomic mass is 16.5. The van der Waals surface area contributed by atoms with E-state index in [1.54, 1.807) is 6.26 Å². The number of ether oxygens (including phenoxy) is 1. The maximum atomic E-state index is 11.7. The minimum absolute atomic E-state index is 0.0151. The standard InChI is InChI=1S/C12H21N3O3/c1-15(2)10(11-5-4-6-18-11)7-14-12(16)9(13)8-17-3/h4-6,9-10H,7-8,13H2,1-3H3,(H,14,16). The Morgan fingerprint density at radius 3 is 2.83 bits per heavy atom. The van der Waals surface area contributed by atoms with Crippen LogP contribution in [0.3, 0.4) is 0 Å². The van der Waals surface area contributed by atoms with Crippen LogP contribution in [0.4, 0.5) is 0 Å². The molecule has 0 aliphatic carbocycles. The van der Waals surface area contributed by atoms with Gasteiger partial charge < -0.3 is 20.2 Å². The first-order valence-corrected chi connectivity index (χ1v) is 5.78. The van der Waals surface area contributed by atoms with Gasteiger partial charge in [0.25, 0.3) is 0 Å². The number of carbonyl (C=O) groups is 1. The predicted molar refractivity (Wildman–Crippen MR) is 68.0 cm³/mol. The van der Waals surface area contributed by atoms with Crippen molar-refractivity contribution >= 4 is 5.91 Å². The Hall–Kier alpha value is -1.37. The van der Waals surface area contributed by atoms with Crippen LogP contribution in [-0.2, 0) is 9.53 Å². The number of likely N-dealkylation sites (N-methyl/N-ethyl adjacent to an activating group) is 1. The number of hydrogen-bond acceptors (Lipinski definition) is 5. The summed E-state index contributed by atoms with van der Waals surface area (Å²) in [6.45, 7) is 0.649. The van der Waals surface area contributed by atoms with Crippen molar-refractivity contribution in [3.63, 3.8) is 0 Å². The van der Waals surface area contributed by atoms with E-state index in [1.165, 1.54) is 7.11 Å². The molecule has 0 aliphatic heterocycles. The lowest BCUT2D eigenvalue weighted by Crippen LogP contribution is -2.45. The minimum Gasteiger partial charge on any atom is -0.468 e. The third-order valence-corrected chi connectivity index (χ3v) is 2.65. The highest BCUT2D eigenvalue weighted by molar-refractivity contribution is 5.81. The number of methoxy groups -OCH3 is 1. The Labute approximate surface area is 107 Å². The zero-order valence-electron chi connectivity index (χ0n) is 11.1. The summed E-state index contributed by atoms with van der Waals surface area (Å²) >= 11 is 0. The maximum absolute atomic E-state index is 11.7. The molecule has 0 fully saturated rings. The number of nitrogens with zero attached hydrogens (tertiary/aromatic N) is 1. The first kappa shape index (κ1) is 14.7. The molecule has 18 heavy (non-hydrogen) atoms. The molecule has 1 aromatic heterocycles. The van der Waals surface area contributed by atoms with Gasteiger partial charge in [-0.2, -0.15) is 0 Å². The number of carbonyl (C=O) groups excluding carboxylic acids is 1. The summed E-state index contributed by atoms with van der Waals surface area (Å²) in [5, 5.41) is 2.79. The van der Waals surface area contributed by atoms with Crippen LogP contribution < -0.4 is 11.1 Å². The van der Waals surface area contributed by atoms with Crippen molar-refractivity contribution in [3.05, 3.63) is 24.2 Å². The highest BCUT2D eigenvalue weighted by Gasteiger charge is 2.19. The fourth-order valence-corrected chi connectivity index (χ4v) is 1.60. The third-order valence-electron chi connectivity index (χ3n) is 2.65. The molecule has 3 N–H and O–H groups in total. The summed E-state index contributed by atoms with van der Waals surface area (Å²) in [5.74, 6) is 0.580. The van der Waals surface area contributed by atoms with Gasteiger partial charge in [-0.05, 0) is 26.2 Å². The molecule has 0 bridgehead atoms. The van der Waals surface area contributed by atoms with E-state index in [0.717, 1.165) is 5.76 Å². The van der Waals surface area contributed by atoms with Crippen LogP contribution >= 0.6 is 0 Å². The highest BCUT2D eigenvalue weighted by Crippen LogP contribution is 2.17. The van der Waals surface area contributed by atoms with Gasteiger partial charge >= 0.3 is 0 Å². The third kappa shape index (κ3) is 4.14. The molecule has 0 spiro atoms. The Morgan fingerprint density at radius 1 is 1.61 bits per heavy atom. The molecule has 1 amide bonds. The lowest BCUT2D eigenvalue weighted by molar-refractivity contribution is -0.123. The maximum Gasteiger partial charge on any atom is 0.239 e. The topological polar surface area (TPSA) is 80.7 Å². The van der Waals surface area contributed by atoms with Gasteiger partial charge in [-0.25, -0.2) is 0 Å². The van der Waals surface area contributed by atoms with Crippen molar-refractivity contribution in [2.45, 2.75) is 12.1 Å². The van der Waals surface area contributed by atoms with Crippen molar-refractivity contribution in [1.29, 1.82) is 0 Å². The molecule has 0 saturated heterocycles. The number of furan rings is 1. The van der Waals surface area contributed by atoms with Gasteiger partial charge in [0, 0.05) is 13.7 Å². The second-order valence-corrected chi connectivity index (χ2v) is 4.30. The summed E-state index contributed by atoms with van der Waals surface area (Å²) in [5.41, 5.74) is 5.63. The van der Waals surface area contributed by atoms with Gasteiger partial charge in [-0.15, -0.1) is 0 Å². The predicted octanol–water partition coefficient (Wildman–Crippen LogP) is -0.0278. The largest absolute Gasteiger partial charge is 0.468 e. The Morgan fingerprint density at radius 2 is 2.33 bits per heavy atom. The molecular weight excluding hydrogens is 234 g/mol. The molecule has 1 aromatic rings. The van der Waals surface area contributed by atoms with E-state index in [9.17, 15) is 4.79 Å². The minimum atomic E-state index is -0.644. The van der Waals surface area contributed by atoms with E-state index in [4.69, 9.17) is 14.9 Å². The van der Waals surface area contributed by atoms with E-state index in [1.807, 2.05) is 31.1 Å². The van der Waals surface area contributed by atoms with E-state index in [-0.39, 0.29) is 18.6 Å². The fraction of sp³-hybridized carbons (Fsp3) is 0.583. The number of amides is 1. The zero-order chi connectivity index (χ0) is 13.5. The fourth-order valence-electron chi connectivity index (χ4n) is 1.60. The summed E-state index contributed by atoms with van der Waals surface area (Å²) < 4.78 is 10.2. The zero-order valence-corrected chi connectivity index (χ0v) is 11.1. The molecule has 0 aromatic carbocycles. The lowest BCUT2D eigenvalue weighted by Gasteiger charge is -2.23. The van der Waals surface area contributed by atoms with Gasteiger partial charge in [0.2, 0.25) is 5.91 Å². The first-order valence-electron chi connectivity index (χ1n) is 5.78. The number of nitrogens with one attached hydrogen (secondary N) is 1. The monoisotopic (exact) mass is 255 g/mol. The van der Waals surface area contributed by atoms with Crippen LogP contribution in [-0.4, -0.2) is 51.2 Å². The van der Waals surface area contributed by atoms with Crippen molar-refractivity contribution in [2.24, 2.45) is 5.73 Å². The van der Waals surface area contributed by atoms with E-state index in [0.29, 0.717) is 6.54 Å². The molecular formula is C12H21N3O3. The second-order valence-electron chi connectivity index (χ2n) is 4.30. The normalized spacial score (nSPS) is 14.5. The molecule has 0 aliphatic rings. The number of nitrogens with two attached hydrogens (primary N) is 1. The van der Waals surface area contributed by atoms with Crippen LogP contribution in [0.5, 0.6) is 0 Å². The van der Waals surface area contributed by atoms with Gasteiger partial charge in [0.15, 0.2) is 0 Å². The van der Waals surface area contributed by atoms with E-state index >= 15 is 0 Å². The molecule has 1 rings (SSSR count). The van der Waals surface area contributed by atoms with Crippen molar-refractivity contribution in [1.82, 2.24) is 10.2 Å². The van der Waals surface area contributed by atoms with Gasteiger partial charge in [-0.3, -0.25) is 9.69 Å². The van der Waals surface area contributed by atoms with Crippen molar-refractivity contribution < 1.29 is 13.9 Å². The molecule has 102 valence electrons. The second kappa shape index (κ2) is 7.15. The number of hydrogen-bond donors (Lipinski definition) is 2. The smallest absolute Gasteiger partial charge is 0.239 e. The first-order chi connectivity index (χ1) is 8.56. The van der Waals surface area contributed by atoms with Gasteiger partial charge in [0.05, 0.1) is 18.9 Å². The van der Waals surface area contributed by atoms with Crippen LogP contribution in [0.25, 0.3) is 0 Å². The molecule has 6 nitrogen and oxygen atoms in total. The molecule has 2 unspecified atom stereocenters. The molecule has 0 saturated carbocycles. The van der Waals surface area contributed by atoms with Gasteiger partial charge in [-0.1, -0.05) is 0 Å². The molecule has 1 heterocycles. The van der Waals surface area contributed by atoms with E-state index in [2.05, 4.69) is 5.32 Å². The van der Waals surface area contributed by atoms with Crippen LogP contribution in [0.15, 0.2) is 22.8 Å². The van der Waals surface area contributed by atoms with Crippen LogP contribution in [0.2, 0.25) is 0 Å². The Balaban J connectivity index is 2.51.